The zero-order chi connectivity index (χ0) is 28.3. The Morgan fingerprint density at radius 1 is 0.512 bits per heavy atom. The van der Waals surface area contributed by atoms with E-state index in [1.54, 1.807) is 11.8 Å². The molecule has 9 rings (SSSR count). The van der Waals surface area contributed by atoms with Gasteiger partial charge in [0.25, 0.3) is 0 Å². The van der Waals surface area contributed by atoms with Crippen molar-refractivity contribution in [2.75, 3.05) is 4.90 Å². The lowest BCUT2D eigenvalue weighted by Crippen LogP contribution is -2.14. The molecule has 8 aromatic rings. The number of nitrogens with zero attached hydrogens (tertiary/aromatic N) is 3. The maximum Gasteiger partial charge on any atom is 0.160 e. The highest BCUT2D eigenvalue weighted by molar-refractivity contribution is 7.99. The molecular weight excluding hydrogens is 547 g/mol. The van der Waals surface area contributed by atoms with E-state index in [0.29, 0.717) is 5.82 Å². The van der Waals surface area contributed by atoms with Crippen LogP contribution in [0.5, 0.6) is 0 Å². The topological polar surface area (TPSA) is 42.2 Å². The van der Waals surface area contributed by atoms with Gasteiger partial charge in [-0.25, -0.2) is 9.97 Å². The minimum Gasteiger partial charge on any atom is -0.456 e. The summed E-state index contributed by atoms with van der Waals surface area (Å²) >= 11 is 1.79. The minimum absolute atomic E-state index is 0.708. The van der Waals surface area contributed by atoms with E-state index in [-0.39, 0.29) is 0 Å². The molecule has 0 saturated carbocycles. The first-order valence-electron chi connectivity index (χ1n) is 14.3. The predicted octanol–water partition coefficient (Wildman–Crippen LogP) is 10.8. The van der Waals surface area contributed by atoms with Crippen LogP contribution < -0.4 is 4.90 Å². The van der Waals surface area contributed by atoms with E-state index >= 15 is 0 Å². The van der Waals surface area contributed by atoms with Crippen LogP contribution in [0.3, 0.4) is 0 Å². The molecule has 0 spiro atoms. The molecule has 3 heterocycles. The highest BCUT2D eigenvalue weighted by atomic mass is 32.2. The number of aromatic nitrogens is 2. The van der Waals surface area contributed by atoms with Crippen molar-refractivity contribution in [2.24, 2.45) is 0 Å². The molecule has 0 unspecified atom stereocenters. The van der Waals surface area contributed by atoms with Crippen molar-refractivity contribution in [3.8, 4) is 22.6 Å². The molecule has 0 aliphatic carbocycles. The molecule has 0 radical (unpaired) electrons. The van der Waals surface area contributed by atoms with Crippen molar-refractivity contribution < 1.29 is 4.42 Å². The van der Waals surface area contributed by atoms with Gasteiger partial charge in [0, 0.05) is 42.8 Å². The van der Waals surface area contributed by atoms with Crippen LogP contribution in [0.1, 0.15) is 0 Å². The van der Waals surface area contributed by atoms with Crippen LogP contribution in [0, 0.1) is 0 Å². The molecule has 1 aliphatic rings. The summed E-state index contributed by atoms with van der Waals surface area (Å²) in [6.07, 6.45) is 0. The summed E-state index contributed by atoms with van der Waals surface area (Å²) in [4.78, 5) is 15.0. The fourth-order valence-corrected chi connectivity index (χ4v) is 7.15. The van der Waals surface area contributed by atoms with Crippen molar-refractivity contribution in [3.05, 3.63) is 140 Å². The number of anilines is 3. The number of fused-ring (bicyclic) bond motifs is 6. The Labute approximate surface area is 252 Å². The van der Waals surface area contributed by atoms with E-state index in [9.17, 15) is 0 Å². The third-order valence-corrected chi connectivity index (χ3v) is 9.16. The van der Waals surface area contributed by atoms with Crippen LogP contribution >= 0.6 is 11.8 Å². The van der Waals surface area contributed by atoms with E-state index in [1.807, 2.05) is 36.4 Å². The fourth-order valence-electron chi connectivity index (χ4n) is 6.05. The molecule has 0 saturated heterocycles. The molecule has 0 fully saturated rings. The van der Waals surface area contributed by atoms with Crippen molar-refractivity contribution in [1.82, 2.24) is 9.97 Å². The van der Waals surface area contributed by atoms with Gasteiger partial charge in [-0.3, -0.25) is 0 Å². The molecule has 6 aromatic carbocycles. The number of furan rings is 1. The summed E-state index contributed by atoms with van der Waals surface area (Å²) < 4.78 is 6.10. The summed E-state index contributed by atoms with van der Waals surface area (Å²) in [7, 11) is 0. The van der Waals surface area contributed by atoms with Crippen molar-refractivity contribution in [1.29, 1.82) is 0 Å². The van der Waals surface area contributed by atoms with Gasteiger partial charge < -0.3 is 9.32 Å². The monoisotopic (exact) mass is 569 g/mol. The predicted molar refractivity (Wildman–Crippen MR) is 176 cm³/mol. The van der Waals surface area contributed by atoms with E-state index in [1.165, 1.54) is 15.5 Å². The van der Waals surface area contributed by atoms with Crippen molar-refractivity contribution in [3.63, 3.8) is 0 Å². The quantitative estimate of drug-likeness (QED) is 0.212. The normalized spacial score (nSPS) is 12.5. The van der Waals surface area contributed by atoms with Gasteiger partial charge in [0.2, 0.25) is 0 Å². The summed E-state index contributed by atoms with van der Waals surface area (Å²) in [5.74, 6) is 0.708. The summed E-state index contributed by atoms with van der Waals surface area (Å²) in [6.45, 7) is 0. The lowest BCUT2D eigenvalue weighted by molar-refractivity contribution is 0.669. The van der Waals surface area contributed by atoms with Gasteiger partial charge in [-0.2, -0.15) is 0 Å². The van der Waals surface area contributed by atoms with E-state index in [4.69, 9.17) is 14.4 Å². The Balaban J connectivity index is 1.21. The molecule has 0 bridgehead atoms. The third kappa shape index (κ3) is 3.93. The largest absolute Gasteiger partial charge is 0.456 e. The Kier molecular flexibility index (Phi) is 5.40. The van der Waals surface area contributed by atoms with Crippen LogP contribution in [0.15, 0.2) is 154 Å². The van der Waals surface area contributed by atoms with Crippen molar-refractivity contribution >= 4 is 61.7 Å². The smallest absolute Gasteiger partial charge is 0.160 e. The zero-order valence-corrected chi connectivity index (χ0v) is 23.8. The van der Waals surface area contributed by atoms with Gasteiger partial charge in [0.05, 0.1) is 22.6 Å². The SMILES string of the molecule is c1ccc(N2c3ccccc3Sc3cc(-c4nc(-c5ccc6oc7ccccc7c6c5)c5ccccc5n4)ccc32)cc1. The standard InChI is InChI=1S/C38H23N3OS/c1-2-10-26(11-3-1)41-31-15-7-9-17-35(31)43-36-23-25(18-20-32(36)41)38-39-30-14-6-4-13-28(30)37(40-38)24-19-21-34-29(22-24)27-12-5-8-16-33(27)42-34/h1-23H. The first-order valence-corrected chi connectivity index (χ1v) is 15.1. The zero-order valence-electron chi connectivity index (χ0n) is 22.9. The van der Waals surface area contributed by atoms with E-state index in [2.05, 4.69) is 108 Å². The highest BCUT2D eigenvalue weighted by Gasteiger charge is 2.25. The molecule has 0 N–H and O–H groups in total. The molecule has 4 nitrogen and oxygen atoms in total. The second kappa shape index (κ2) is 9.58. The van der Waals surface area contributed by atoms with Gasteiger partial charge in [-0.1, -0.05) is 78.5 Å². The van der Waals surface area contributed by atoms with E-state index < -0.39 is 0 Å². The fraction of sp³-hybridized carbons (Fsp3) is 0. The first kappa shape index (κ1) is 24.2. The maximum atomic E-state index is 6.10. The summed E-state index contributed by atoms with van der Waals surface area (Å²) in [6, 6.07) is 48.4. The van der Waals surface area contributed by atoms with Crippen LogP contribution in [0.2, 0.25) is 0 Å². The Hall–Kier alpha value is -5.39. The average Bonchev–Trinajstić information content (AvgIpc) is 3.45. The number of rotatable bonds is 3. The number of hydrogen-bond donors (Lipinski definition) is 0. The molecule has 0 amide bonds. The van der Waals surface area contributed by atoms with Crippen LogP contribution in [-0.4, -0.2) is 9.97 Å². The summed E-state index contributed by atoms with van der Waals surface area (Å²) in [5.41, 5.74) is 9.09. The highest BCUT2D eigenvalue weighted by Crippen LogP contribution is 2.52. The van der Waals surface area contributed by atoms with E-state index in [0.717, 1.165) is 61.0 Å². The minimum atomic E-state index is 0.708. The molecule has 202 valence electrons. The molecule has 1 aliphatic heterocycles. The van der Waals surface area contributed by atoms with Crippen molar-refractivity contribution in [2.45, 2.75) is 9.79 Å². The van der Waals surface area contributed by atoms with Crippen LogP contribution in [0.4, 0.5) is 17.1 Å². The van der Waals surface area contributed by atoms with Crippen LogP contribution in [-0.2, 0) is 0 Å². The first-order chi connectivity index (χ1) is 21.3. The Bertz CT molecular complexity index is 2340. The lowest BCUT2D eigenvalue weighted by Gasteiger charge is -2.33. The summed E-state index contributed by atoms with van der Waals surface area (Å²) in [5, 5.41) is 3.21. The lowest BCUT2D eigenvalue weighted by atomic mass is 10.0. The Morgan fingerprint density at radius 2 is 1.23 bits per heavy atom. The molecule has 5 heteroatoms. The van der Waals surface area contributed by atoms with Gasteiger partial charge in [0.15, 0.2) is 5.82 Å². The van der Waals surface area contributed by atoms with Gasteiger partial charge in [-0.05, 0) is 72.8 Å². The van der Waals surface area contributed by atoms with Crippen LogP contribution in [0.25, 0.3) is 55.5 Å². The second-order valence-corrected chi connectivity index (χ2v) is 11.7. The maximum absolute atomic E-state index is 6.10. The Morgan fingerprint density at radius 3 is 2.16 bits per heavy atom. The molecule has 0 atom stereocenters. The molecular formula is C38H23N3OS. The average molecular weight is 570 g/mol. The number of benzene rings is 6. The second-order valence-electron chi connectivity index (χ2n) is 10.6. The molecule has 43 heavy (non-hydrogen) atoms. The number of para-hydroxylation sites is 4. The van der Waals surface area contributed by atoms with Gasteiger partial charge >= 0.3 is 0 Å². The molecule has 2 aromatic heterocycles. The van der Waals surface area contributed by atoms with Gasteiger partial charge in [0.1, 0.15) is 11.2 Å². The van der Waals surface area contributed by atoms with Gasteiger partial charge in [-0.15, -0.1) is 0 Å². The number of hydrogen-bond acceptors (Lipinski definition) is 5. The third-order valence-electron chi connectivity index (χ3n) is 8.05.